The molecule has 10 nitrogen and oxygen atoms in total. The van der Waals surface area contributed by atoms with Gasteiger partial charge < -0.3 is 29.4 Å². The molecule has 0 amide bonds. The van der Waals surface area contributed by atoms with E-state index in [4.69, 9.17) is 29.4 Å². The second-order valence-electron chi connectivity index (χ2n) is 10.1. The molecule has 0 heterocycles. The summed E-state index contributed by atoms with van der Waals surface area (Å²) < 4.78 is 26.3. The lowest BCUT2D eigenvalue weighted by atomic mass is 10.1. The minimum Gasteiger partial charge on any atom is -0.458 e. The molecule has 1 aromatic carbocycles. The number of carbonyl (C=O) groups excluding carboxylic acids is 4. The summed E-state index contributed by atoms with van der Waals surface area (Å²) in [5.41, 5.74) is 6.66. The molecule has 0 radical (unpaired) electrons. The molecule has 1 aromatic rings. The van der Waals surface area contributed by atoms with E-state index in [-0.39, 0.29) is 49.9 Å². The number of hydrogen-bond acceptors (Lipinski definition) is 10. The third kappa shape index (κ3) is 14.9. The van der Waals surface area contributed by atoms with Crippen molar-refractivity contribution in [1.29, 1.82) is 0 Å². The molecule has 40 heavy (non-hydrogen) atoms. The molecule has 1 rings (SSSR count). The van der Waals surface area contributed by atoms with E-state index in [0.717, 1.165) is 32.1 Å². The molecule has 226 valence electrons. The number of hydrogen-bond donors (Lipinski definition) is 1. The maximum Gasteiger partial charge on any atom is 0.508 e. The van der Waals surface area contributed by atoms with Gasteiger partial charge in [0.05, 0.1) is 6.61 Å². The van der Waals surface area contributed by atoms with E-state index in [1.807, 2.05) is 27.7 Å². The van der Waals surface area contributed by atoms with E-state index in [9.17, 15) is 19.2 Å². The summed E-state index contributed by atoms with van der Waals surface area (Å²) in [6, 6.07) is 3.69. The molecule has 2 N–H and O–H groups in total. The zero-order chi connectivity index (χ0) is 29.9. The van der Waals surface area contributed by atoms with Crippen molar-refractivity contribution in [3.8, 4) is 11.5 Å². The highest BCUT2D eigenvalue weighted by Crippen LogP contribution is 2.30. The van der Waals surface area contributed by atoms with Gasteiger partial charge in [0.15, 0.2) is 11.5 Å². The van der Waals surface area contributed by atoms with Crippen LogP contribution >= 0.6 is 0 Å². The van der Waals surface area contributed by atoms with Gasteiger partial charge in [-0.3, -0.25) is 14.4 Å². The molecule has 3 atom stereocenters. The Morgan fingerprint density at radius 3 is 1.95 bits per heavy atom. The quantitative estimate of drug-likeness (QED) is 0.127. The van der Waals surface area contributed by atoms with Crippen molar-refractivity contribution >= 4 is 24.1 Å². The molecule has 0 saturated heterocycles. The minimum absolute atomic E-state index is 0.0778. The molecular weight excluding hydrogens is 518 g/mol. The Bertz CT molecular complexity index is 934. The van der Waals surface area contributed by atoms with Crippen LogP contribution in [0.5, 0.6) is 11.5 Å². The van der Waals surface area contributed by atoms with Gasteiger partial charge >= 0.3 is 24.1 Å². The summed E-state index contributed by atoms with van der Waals surface area (Å²) in [4.78, 5) is 48.9. The van der Waals surface area contributed by atoms with Crippen molar-refractivity contribution in [3.05, 3.63) is 23.8 Å². The first kappa shape index (κ1) is 34.9. The van der Waals surface area contributed by atoms with Gasteiger partial charge in [0.1, 0.15) is 18.8 Å². The van der Waals surface area contributed by atoms with E-state index in [2.05, 4.69) is 0 Å². The lowest BCUT2D eigenvalue weighted by Crippen LogP contribution is -2.37. The van der Waals surface area contributed by atoms with Gasteiger partial charge in [-0.2, -0.15) is 0 Å². The number of esters is 3. The molecule has 10 heteroatoms. The number of benzene rings is 1. The van der Waals surface area contributed by atoms with Crippen LogP contribution in [0.3, 0.4) is 0 Å². The van der Waals surface area contributed by atoms with E-state index < -0.39 is 36.2 Å². The Morgan fingerprint density at radius 2 is 1.38 bits per heavy atom. The van der Waals surface area contributed by atoms with E-state index in [1.54, 1.807) is 19.1 Å². The zero-order valence-electron chi connectivity index (χ0n) is 24.7. The molecule has 0 bridgehead atoms. The fourth-order valence-corrected chi connectivity index (χ4v) is 3.44. The number of ether oxygens (including phenoxy) is 5. The van der Waals surface area contributed by atoms with Crippen LogP contribution in [0, 0.1) is 5.92 Å². The normalized spacial score (nSPS) is 13.1. The standard InChI is InChI=1S/C30H47NO9/c1-6-9-11-13-27(32)39-25-16-15-23(18-26(25)40-28(33)14-12-10-7-2)17-24(31)29(34)38-22(5)20-37-30(35)36-19-21(4)8-3/h15-16,18,21-22,24H,6-14,17,19-20,31H2,1-5H3/t21?,22-,24-/m0/s1. The third-order valence-electron chi connectivity index (χ3n) is 6.12. The van der Waals surface area contributed by atoms with Crippen LogP contribution < -0.4 is 15.2 Å². The molecular formula is C30H47NO9. The van der Waals surface area contributed by atoms with Gasteiger partial charge in [-0.25, -0.2) is 4.79 Å². The topological polar surface area (TPSA) is 140 Å². The number of unbranched alkanes of at least 4 members (excludes halogenated alkanes) is 4. The lowest BCUT2D eigenvalue weighted by molar-refractivity contribution is -0.152. The molecule has 0 spiro atoms. The van der Waals surface area contributed by atoms with Gasteiger partial charge in [0.25, 0.3) is 0 Å². The second-order valence-corrected chi connectivity index (χ2v) is 10.1. The van der Waals surface area contributed by atoms with Gasteiger partial charge in [-0.05, 0) is 49.8 Å². The van der Waals surface area contributed by atoms with Crippen LogP contribution in [0.15, 0.2) is 18.2 Å². The summed E-state index contributed by atoms with van der Waals surface area (Å²) in [7, 11) is 0. The Hall–Kier alpha value is -3.14. The molecule has 0 fully saturated rings. The monoisotopic (exact) mass is 565 g/mol. The highest BCUT2D eigenvalue weighted by Gasteiger charge is 2.22. The van der Waals surface area contributed by atoms with Crippen LogP contribution in [-0.4, -0.2) is 49.4 Å². The zero-order valence-corrected chi connectivity index (χ0v) is 24.7. The van der Waals surface area contributed by atoms with Crippen molar-refractivity contribution < 1.29 is 42.9 Å². The fourth-order valence-electron chi connectivity index (χ4n) is 3.44. The Kier molecular flexibility index (Phi) is 17.3. The molecule has 0 aliphatic heterocycles. The number of carbonyl (C=O) groups is 4. The van der Waals surface area contributed by atoms with Crippen LogP contribution in [0.1, 0.15) is 98.0 Å². The average molecular weight is 566 g/mol. The third-order valence-corrected chi connectivity index (χ3v) is 6.12. The SMILES string of the molecule is CCCCCC(=O)Oc1ccc(C[C@H](N)C(=O)O[C@@H](C)COC(=O)OCC(C)CC)cc1OC(=O)CCCCC. The maximum absolute atomic E-state index is 12.5. The van der Waals surface area contributed by atoms with Crippen LogP contribution in [-0.2, 0) is 35.0 Å². The predicted octanol–water partition coefficient (Wildman–Crippen LogP) is 5.66. The Morgan fingerprint density at radius 1 is 0.800 bits per heavy atom. The van der Waals surface area contributed by atoms with Gasteiger partial charge in [-0.1, -0.05) is 65.9 Å². The first-order chi connectivity index (χ1) is 19.1. The van der Waals surface area contributed by atoms with E-state index in [1.165, 1.54) is 6.07 Å². The lowest BCUT2D eigenvalue weighted by Gasteiger charge is -2.18. The first-order valence-electron chi connectivity index (χ1n) is 14.4. The summed E-state index contributed by atoms with van der Waals surface area (Å²) >= 11 is 0. The second kappa shape index (κ2) is 19.8. The molecule has 0 saturated carbocycles. The predicted molar refractivity (Wildman–Crippen MR) is 150 cm³/mol. The minimum atomic E-state index is -1.03. The maximum atomic E-state index is 12.5. The largest absolute Gasteiger partial charge is 0.508 e. The highest BCUT2D eigenvalue weighted by atomic mass is 16.7. The van der Waals surface area contributed by atoms with Crippen molar-refractivity contribution in [3.63, 3.8) is 0 Å². The van der Waals surface area contributed by atoms with Crippen LogP contribution in [0.2, 0.25) is 0 Å². The summed E-state index contributed by atoms with van der Waals surface area (Å²) in [5.74, 6) is -1.08. The molecule has 0 aliphatic carbocycles. The molecule has 0 aromatic heterocycles. The van der Waals surface area contributed by atoms with Crippen molar-refractivity contribution in [2.75, 3.05) is 13.2 Å². The first-order valence-corrected chi connectivity index (χ1v) is 14.4. The van der Waals surface area contributed by atoms with Gasteiger partial charge in [0, 0.05) is 12.8 Å². The van der Waals surface area contributed by atoms with E-state index in [0.29, 0.717) is 18.4 Å². The van der Waals surface area contributed by atoms with Gasteiger partial charge in [-0.15, -0.1) is 0 Å². The summed E-state index contributed by atoms with van der Waals surface area (Å²) in [5, 5.41) is 0. The van der Waals surface area contributed by atoms with Gasteiger partial charge in [0.2, 0.25) is 0 Å². The fraction of sp³-hybridized carbons (Fsp3) is 0.667. The number of rotatable bonds is 19. The Balaban J connectivity index is 2.77. The van der Waals surface area contributed by atoms with Crippen molar-refractivity contribution in [1.82, 2.24) is 0 Å². The summed E-state index contributed by atoms with van der Waals surface area (Å²) in [6.45, 7) is 9.68. The highest BCUT2D eigenvalue weighted by molar-refractivity contribution is 5.77. The average Bonchev–Trinajstić information content (AvgIpc) is 2.92. The van der Waals surface area contributed by atoms with Crippen molar-refractivity contribution in [2.45, 2.75) is 111 Å². The molecule has 1 unspecified atom stereocenters. The van der Waals surface area contributed by atoms with Crippen molar-refractivity contribution in [2.24, 2.45) is 11.7 Å². The van der Waals surface area contributed by atoms with Crippen LogP contribution in [0.25, 0.3) is 0 Å². The Labute approximate surface area is 238 Å². The van der Waals surface area contributed by atoms with E-state index >= 15 is 0 Å². The number of nitrogens with two attached hydrogens (primary N) is 1. The smallest absolute Gasteiger partial charge is 0.458 e. The van der Waals surface area contributed by atoms with Crippen LogP contribution in [0.4, 0.5) is 4.79 Å². The molecule has 0 aliphatic rings. The summed E-state index contributed by atoms with van der Waals surface area (Å²) in [6.07, 6.45) is 5.03.